The molecule has 0 fully saturated rings. The van der Waals surface area contributed by atoms with E-state index in [2.05, 4.69) is 5.32 Å². The summed E-state index contributed by atoms with van der Waals surface area (Å²) >= 11 is 0. The number of para-hydroxylation sites is 1. The first kappa shape index (κ1) is 27.3. The number of amides is 1. The van der Waals surface area contributed by atoms with Gasteiger partial charge in [-0.25, -0.2) is 9.59 Å². The Kier molecular flexibility index (Phi) is 9.66. The lowest BCUT2D eigenvalue weighted by Gasteiger charge is -2.22. The lowest BCUT2D eigenvalue weighted by atomic mass is 9.91. The van der Waals surface area contributed by atoms with Gasteiger partial charge in [-0.05, 0) is 41.7 Å². The summed E-state index contributed by atoms with van der Waals surface area (Å²) < 4.78 is 16.0. The Morgan fingerprint density at radius 3 is 2.14 bits per heavy atom. The van der Waals surface area contributed by atoms with E-state index in [0.717, 1.165) is 11.1 Å². The first-order chi connectivity index (χ1) is 17.8. The van der Waals surface area contributed by atoms with Crippen LogP contribution >= 0.6 is 0 Å². The number of hydrogen-bond acceptors (Lipinski definition) is 6. The van der Waals surface area contributed by atoms with Crippen molar-refractivity contribution in [1.82, 2.24) is 5.32 Å². The first-order valence-electron chi connectivity index (χ1n) is 11.9. The van der Waals surface area contributed by atoms with Crippen molar-refractivity contribution in [2.24, 2.45) is 5.92 Å². The van der Waals surface area contributed by atoms with Crippen molar-refractivity contribution in [3.63, 3.8) is 0 Å². The zero-order valence-corrected chi connectivity index (χ0v) is 21.0. The third-order valence-corrected chi connectivity index (χ3v) is 5.81. The third-order valence-electron chi connectivity index (χ3n) is 5.81. The molecule has 2 N–H and O–H groups in total. The van der Waals surface area contributed by atoms with Crippen LogP contribution in [0.25, 0.3) is 0 Å². The monoisotopic (exact) mass is 505 g/mol. The largest absolute Gasteiger partial charge is 0.497 e. The zero-order chi connectivity index (χ0) is 26.8. The molecule has 8 heteroatoms. The molecule has 0 saturated heterocycles. The van der Waals surface area contributed by atoms with Gasteiger partial charge in [0.2, 0.25) is 0 Å². The average molecular weight is 506 g/mol. The van der Waals surface area contributed by atoms with Crippen LogP contribution in [0.1, 0.15) is 36.5 Å². The minimum Gasteiger partial charge on any atom is -0.497 e. The fourth-order valence-corrected chi connectivity index (χ4v) is 3.75. The second-order valence-electron chi connectivity index (χ2n) is 8.83. The van der Waals surface area contributed by atoms with Gasteiger partial charge in [0.15, 0.2) is 0 Å². The predicted octanol–water partition coefficient (Wildman–Crippen LogP) is 4.96. The highest BCUT2D eigenvalue weighted by Gasteiger charge is 2.30. The molecule has 194 valence electrons. The quantitative estimate of drug-likeness (QED) is 0.280. The SMILES string of the molecule is COc1ccc(CC(C(=O)O)c2ccccc2OC(=O)[C@@H](NC(=O)OCc2ccccc2)C(C)C)cc1. The molecule has 0 bridgehead atoms. The molecule has 0 heterocycles. The third kappa shape index (κ3) is 7.83. The smallest absolute Gasteiger partial charge is 0.408 e. The van der Waals surface area contributed by atoms with E-state index in [1.54, 1.807) is 69.5 Å². The summed E-state index contributed by atoms with van der Waals surface area (Å²) in [5.41, 5.74) is 1.96. The van der Waals surface area contributed by atoms with Gasteiger partial charge in [-0.1, -0.05) is 74.5 Å². The molecule has 0 aliphatic rings. The normalized spacial score (nSPS) is 12.3. The van der Waals surface area contributed by atoms with E-state index >= 15 is 0 Å². The number of benzene rings is 3. The fraction of sp³-hybridized carbons (Fsp3) is 0.276. The van der Waals surface area contributed by atoms with Crippen molar-refractivity contribution in [1.29, 1.82) is 0 Å². The predicted molar refractivity (Wildman–Crippen MR) is 138 cm³/mol. The van der Waals surface area contributed by atoms with Crippen molar-refractivity contribution in [2.75, 3.05) is 7.11 Å². The van der Waals surface area contributed by atoms with Crippen molar-refractivity contribution >= 4 is 18.0 Å². The summed E-state index contributed by atoms with van der Waals surface area (Å²) in [5.74, 6) is -2.25. The molecule has 2 atom stereocenters. The second kappa shape index (κ2) is 13.1. The van der Waals surface area contributed by atoms with Gasteiger partial charge in [0.1, 0.15) is 24.1 Å². The molecule has 8 nitrogen and oxygen atoms in total. The Labute approximate surface area is 216 Å². The Morgan fingerprint density at radius 1 is 0.865 bits per heavy atom. The molecule has 0 saturated carbocycles. The van der Waals surface area contributed by atoms with Crippen LogP contribution in [-0.4, -0.2) is 36.3 Å². The van der Waals surface area contributed by atoms with Gasteiger partial charge >= 0.3 is 18.0 Å². The summed E-state index contributed by atoms with van der Waals surface area (Å²) in [6, 6.07) is 21.8. The summed E-state index contributed by atoms with van der Waals surface area (Å²) in [6.07, 6.45) is -0.568. The van der Waals surface area contributed by atoms with Crippen molar-refractivity contribution in [3.05, 3.63) is 95.6 Å². The lowest BCUT2D eigenvalue weighted by Crippen LogP contribution is -2.46. The van der Waals surface area contributed by atoms with E-state index < -0.39 is 30.0 Å². The summed E-state index contributed by atoms with van der Waals surface area (Å²) in [4.78, 5) is 37.7. The van der Waals surface area contributed by atoms with Crippen molar-refractivity contribution < 1.29 is 33.7 Å². The number of carboxylic acids is 1. The average Bonchev–Trinajstić information content (AvgIpc) is 2.90. The number of rotatable bonds is 11. The number of ether oxygens (including phenoxy) is 3. The molecule has 0 aromatic heterocycles. The fourth-order valence-electron chi connectivity index (χ4n) is 3.75. The molecule has 37 heavy (non-hydrogen) atoms. The van der Waals surface area contributed by atoms with Crippen molar-refractivity contribution in [2.45, 2.75) is 38.8 Å². The van der Waals surface area contributed by atoms with Crippen LogP contribution in [0.4, 0.5) is 4.79 Å². The van der Waals surface area contributed by atoms with Crippen LogP contribution in [0.2, 0.25) is 0 Å². The van der Waals surface area contributed by atoms with E-state index in [9.17, 15) is 19.5 Å². The van der Waals surface area contributed by atoms with Crippen LogP contribution in [0.15, 0.2) is 78.9 Å². The molecular formula is C29H31NO7. The molecule has 0 radical (unpaired) electrons. The van der Waals surface area contributed by atoms with E-state index in [1.807, 2.05) is 30.3 Å². The molecule has 1 unspecified atom stereocenters. The minimum atomic E-state index is -1.05. The van der Waals surface area contributed by atoms with Crippen LogP contribution in [0.3, 0.4) is 0 Å². The number of methoxy groups -OCH3 is 1. The number of esters is 1. The van der Waals surface area contributed by atoms with Gasteiger partial charge in [0.25, 0.3) is 0 Å². The van der Waals surface area contributed by atoms with E-state index in [1.165, 1.54) is 0 Å². The molecular weight excluding hydrogens is 474 g/mol. The number of carboxylic acid groups (broad SMARTS) is 1. The van der Waals surface area contributed by atoms with E-state index in [-0.39, 0.29) is 24.7 Å². The van der Waals surface area contributed by atoms with E-state index in [4.69, 9.17) is 14.2 Å². The Bertz CT molecular complexity index is 1190. The van der Waals surface area contributed by atoms with Crippen LogP contribution in [0, 0.1) is 5.92 Å². The van der Waals surface area contributed by atoms with Gasteiger partial charge < -0.3 is 24.6 Å². The van der Waals surface area contributed by atoms with Gasteiger partial charge in [-0.3, -0.25) is 4.79 Å². The molecule has 3 rings (SSSR count). The highest BCUT2D eigenvalue weighted by atomic mass is 16.6. The molecule has 3 aromatic carbocycles. The van der Waals surface area contributed by atoms with Gasteiger partial charge in [-0.2, -0.15) is 0 Å². The highest BCUT2D eigenvalue weighted by Crippen LogP contribution is 2.31. The highest BCUT2D eigenvalue weighted by molar-refractivity contribution is 5.84. The first-order valence-corrected chi connectivity index (χ1v) is 11.9. The zero-order valence-electron chi connectivity index (χ0n) is 21.0. The lowest BCUT2D eigenvalue weighted by molar-refractivity contribution is -0.140. The standard InChI is InChI=1S/C29H31NO7/c1-19(2)26(30-29(34)36-18-21-9-5-4-6-10-21)28(33)37-25-12-8-7-11-23(25)24(27(31)32)17-20-13-15-22(35-3)16-14-20/h4-16,19,24,26H,17-18H2,1-3H3,(H,30,34)(H,31,32)/t24?,26-/m0/s1. The molecule has 0 aliphatic carbocycles. The number of alkyl carbamates (subject to hydrolysis) is 1. The molecule has 3 aromatic rings. The van der Waals surface area contributed by atoms with Crippen LogP contribution in [-0.2, 0) is 27.4 Å². The number of carbonyl (C=O) groups excluding carboxylic acids is 2. The van der Waals surface area contributed by atoms with Crippen LogP contribution in [0.5, 0.6) is 11.5 Å². The summed E-state index contributed by atoms with van der Waals surface area (Å²) in [6.45, 7) is 3.58. The van der Waals surface area contributed by atoms with Crippen molar-refractivity contribution in [3.8, 4) is 11.5 Å². The number of aliphatic carboxylic acids is 1. The minimum absolute atomic E-state index is 0.0566. The summed E-state index contributed by atoms with van der Waals surface area (Å²) in [5, 5.41) is 12.5. The number of hydrogen-bond donors (Lipinski definition) is 2. The number of nitrogens with one attached hydrogen (secondary N) is 1. The maximum atomic E-state index is 13.1. The van der Waals surface area contributed by atoms with Gasteiger partial charge in [0.05, 0.1) is 13.0 Å². The number of carbonyl (C=O) groups is 3. The van der Waals surface area contributed by atoms with Gasteiger partial charge in [-0.15, -0.1) is 0 Å². The second-order valence-corrected chi connectivity index (χ2v) is 8.83. The Morgan fingerprint density at radius 2 is 1.51 bits per heavy atom. The molecule has 1 amide bonds. The summed E-state index contributed by atoms with van der Waals surface area (Å²) in [7, 11) is 1.56. The van der Waals surface area contributed by atoms with Gasteiger partial charge in [0, 0.05) is 5.56 Å². The van der Waals surface area contributed by atoms with Crippen LogP contribution < -0.4 is 14.8 Å². The maximum absolute atomic E-state index is 13.1. The Hall–Kier alpha value is -4.33. The molecule has 0 spiro atoms. The topological polar surface area (TPSA) is 111 Å². The Balaban J connectivity index is 1.73. The molecule has 0 aliphatic heterocycles. The van der Waals surface area contributed by atoms with E-state index in [0.29, 0.717) is 11.3 Å². The maximum Gasteiger partial charge on any atom is 0.408 e.